The van der Waals surface area contributed by atoms with Crippen molar-refractivity contribution in [3.05, 3.63) is 59.6 Å². The molecule has 2 aromatic carbocycles. The van der Waals surface area contributed by atoms with Crippen LogP contribution in [0.1, 0.15) is 5.69 Å². The van der Waals surface area contributed by atoms with Gasteiger partial charge in [-0.1, -0.05) is 12.1 Å². The van der Waals surface area contributed by atoms with Gasteiger partial charge in [0.1, 0.15) is 23.7 Å². The van der Waals surface area contributed by atoms with Gasteiger partial charge in [0, 0.05) is 11.1 Å². The van der Waals surface area contributed by atoms with E-state index in [-0.39, 0.29) is 0 Å². The minimum absolute atomic E-state index is 0.361. The molecule has 0 atom stereocenters. The summed E-state index contributed by atoms with van der Waals surface area (Å²) in [7, 11) is 1.67. The van der Waals surface area contributed by atoms with Crippen LogP contribution in [0.3, 0.4) is 0 Å². The summed E-state index contributed by atoms with van der Waals surface area (Å²) in [5.41, 5.74) is 3.05. The van der Waals surface area contributed by atoms with E-state index in [1.54, 1.807) is 24.5 Å². The molecule has 1 aliphatic heterocycles. The molecule has 3 aromatic rings. The summed E-state index contributed by atoms with van der Waals surface area (Å²) in [6.45, 7) is 4.87. The zero-order valence-electron chi connectivity index (χ0n) is 15.9. The second kappa shape index (κ2) is 8.50. The number of para-hydroxylation sites is 2. The van der Waals surface area contributed by atoms with Gasteiger partial charge in [0.2, 0.25) is 0 Å². The molecule has 1 saturated heterocycles. The van der Waals surface area contributed by atoms with E-state index < -0.39 is 0 Å². The fourth-order valence-corrected chi connectivity index (χ4v) is 4.20. The summed E-state index contributed by atoms with van der Waals surface area (Å²) < 4.78 is 5.19. The molecule has 4 rings (SSSR count). The summed E-state index contributed by atoms with van der Waals surface area (Å²) in [5.74, 6) is 1.21. The number of phenols is 1. The minimum Gasteiger partial charge on any atom is -0.506 e. The largest absolute Gasteiger partial charge is 0.506 e. The van der Waals surface area contributed by atoms with E-state index in [0.29, 0.717) is 5.75 Å². The molecule has 6 nitrogen and oxygen atoms in total. The van der Waals surface area contributed by atoms with Gasteiger partial charge < -0.3 is 25.0 Å². The Morgan fingerprint density at radius 2 is 1.89 bits per heavy atom. The highest BCUT2D eigenvalue weighted by Crippen LogP contribution is 2.26. The number of methoxy groups -OCH3 is 1. The van der Waals surface area contributed by atoms with Crippen LogP contribution < -0.4 is 19.9 Å². The van der Waals surface area contributed by atoms with E-state index >= 15 is 0 Å². The van der Waals surface area contributed by atoms with Crippen molar-refractivity contribution >= 4 is 27.8 Å². The number of anilines is 3. The number of hydrogen-bond donors (Lipinski definition) is 3. The number of benzene rings is 2. The summed E-state index contributed by atoms with van der Waals surface area (Å²) in [6.07, 6.45) is 0. The van der Waals surface area contributed by atoms with Gasteiger partial charge in [-0.3, -0.25) is 0 Å². The number of nitrogens with one attached hydrogen (secondary N) is 2. The van der Waals surface area contributed by atoms with Gasteiger partial charge in [-0.15, -0.1) is 11.3 Å². The van der Waals surface area contributed by atoms with Gasteiger partial charge in [-0.25, -0.2) is 4.98 Å². The first-order valence-corrected chi connectivity index (χ1v) is 10.3. The summed E-state index contributed by atoms with van der Waals surface area (Å²) in [5, 5.41) is 16.4. The topological polar surface area (TPSA) is 62.1 Å². The molecular weight excluding hydrogens is 372 g/mol. The smallest absolute Gasteiger partial charge is 0.187 e. The van der Waals surface area contributed by atoms with E-state index in [1.165, 1.54) is 4.90 Å². The third kappa shape index (κ3) is 4.37. The number of nitrogens with zero attached hydrogens (tertiary/aromatic N) is 2. The molecule has 0 radical (unpaired) electrons. The van der Waals surface area contributed by atoms with E-state index in [9.17, 15) is 5.11 Å². The third-order valence-corrected chi connectivity index (χ3v) is 5.82. The normalized spacial score (nSPS) is 14.8. The Morgan fingerprint density at radius 1 is 1.14 bits per heavy atom. The Morgan fingerprint density at radius 3 is 2.61 bits per heavy atom. The number of aromatic nitrogens is 1. The van der Waals surface area contributed by atoms with Crippen molar-refractivity contribution < 1.29 is 14.7 Å². The van der Waals surface area contributed by atoms with Crippen LogP contribution in [0.25, 0.3) is 0 Å². The molecule has 0 unspecified atom stereocenters. The minimum atomic E-state index is 0.361. The average Bonchev–Trinajstić information content (AvgIpc) is 3.16. The number of thiazole rings is 1. The van der Waals surface area contributed by atoms with Crippen molar-refractivity contribution in [2.75, 3.05) is 43.5 Å². The molecule has 0 bridgehead atoms. The number of phenolic OH excluding ortho intramolecular Hbond substituents is 1. The monoisotopic (exact) mass is 397 g/mol. The molecular formula is C21H25N4O2S+. The van der Waals surface area contributed by atoms with Crippen molar-refractivity contribution in [1.29, 1.82) is 0 Å². The number of aromatic hydroxyl groups is 1. The Labute approximate surface area is 169 Å². The zero-order chi connectivity index (χ0) is 19.3. The Hall–Kier alpha value is -2.77. The molecule has 3 N–H and O–H groups in total. The van der Waals surface area contributed by atoms with Gasteiger partial charge in [0.15, 0.2) is 5.13 Å². The SMILES string of the molecule is COc1ccc(Nc2nc(C[NH+]3CCN(c4ccccc4O)CC3)cs2)cc1. The summed E-state index contributed by atoms with van der Waals surface area (Å²) in [6, 6.07) is 15.4. The van der Waals surface area contributed by atoms with Gasteiger partial charge in [-0.2, -0.15) is 0 Å². The van der Waals surface area contributed by atoms with Crippen LogP contribution in [-0.2, 0) is 6.54 Å². The molecule has 1 aliphatic rings. The molecule has 1 fully saturated rings. The van der Waals surface area contributed by atoms with Crippen LogP contribution in [-0.4, -0.2) is 43.4 Å². The van der Waals surface area contributed by atoms with E-state index in [4.69, 9.17) is 9.72 Å². The van der Waals surface area contributed by atoms with Crippen LogP contribution in [0.4, 0.5) is 16.5 Å². The average molecular weight is 398 g/mol. The third-order valence-electron chi connectivity index (χ3n) is 5.02. The molecule has 0 spiro atoms. The fraction of sp³-hybridized carbons (Fsp3) is 0.286. The molecule has 2 heterocycles. The highest BCUT2D eigenvalue weighted by molar-refractivity contribution is 7.13. The maximum atomic E-state index is 10.0. The first-order chi connectivity index (χ1) is 13.7. The molecule has 0 aliphatic carbocycles. The lowest BCUT2D eigenvalue weighted by molar-refractivity contribution is -0.914. The number of quaternary nitrogens is 1. The van der Waals surface area contributed by atoms with Crippen molar-refractivity contribution in [1.82, 2.24) is 4.98 Å². The van der Waals surface area contributed by atoms with Gasteiger partial charge in [-0.05, 0) is 36.4 Å². The second-order valence-electron chi connectivity index (χ2n) is 6.90. The van der Waals surface area contributed by atoms with Crippen molar-refractivity contribution in [3.63, 3.8) is 0 Å². The molecule has 1 aromatic heterocycles. The molecule has 146 valence electrons. The number of hydrogen-bond acceptors (Lipinski definition) is 6. The lowest BCUT2D eigenvalue weighted by atomic mass is 10.2. The Kier molecular flexibility index (Phi) is 5.64. The summed E-state index contributed by atoms with van der Waals surface area (Å²) in [4.78, 5) is 8.52. The van der Waals surface area contributed by atoms with Crippen LogP contribution in [0.2, 0.25) is 0 Å². The highest BCUT2D eigenvalue weighted by atomic mass is 32.1. The van der Waals surface area contributed by atoms with Crippen LogP contribution in [0.5, 0.6) is 11.5 Å². The standard InChI is InChI=1S/C21H24N4O2S/c1-27-18-8-6-16(7-9-18)22-21-23-17(15-28-21)14-24-10-12-25(13-11-24)19-4-2-3-5-20(19)26/h2-9,15,26H,10-14H2,1H3,(H,22,23)/p+1. The molecule has 0 saturated carbocycles. The van der Waals surface area contributed by atoms with Crippen molar-refractivity contribution in [3.8, 4) is 11.5 Å². The Balaban J connectivity index is 1.30. The first-order valence-electron chi connectivity index (χ1n) is 9.43. The van der Waals surface area contributed by atoms with E-state index in [0.717, 1.165) is 60.7 Å². The first kappa shape index (κ1) is 18.6. The van der Waals surface area contributed by atoms with Gasteiger partial charge >= 0.3 is 0 Å². The fourth-order valence-electron chi connectivity index (χ4n) is 3.47. The van der Waals surface area contributed by atoms with Crippen LogP contribution in [0.15, 0.2) is 53.9 Å². The number of ether oxygens (including phenoxy) is 1. The number of rotatable bonds is 6. The maximum absolute atomic E-state index is 10.0. The maximum Gasteiger partial charge on any atom is 0.187 e. The lowest BCUT2D eigenvalue weighted by Gasteiger charge is -2.33. The molecule has 7 heteroatoms. The quantitative estimate of drug-likeness (QED) is 0.597. The Bertz CT molecular complexity index is 905. The predicted molar refractivity (Wildman–Crippen MR) is 113 cm³/mol. The van der Waals surface area contributed by atoms with Crippen LogP contribution in [0, 0.1) is 0 Å². The van der Waals surface area contributed by atoms with Gasteiger partial charge in [0.05, 0.1) is 39.0 Å². The molecule has 0 amide bonds. The number of piperazine rings is 1. The van der Waals surface area contributed by atoms with Crippen molar-refractivity contribution in [2.24, 2.45) is 0 Å². The summed E-state index contributed by atoms with van der Waals surface area (Å²) >= 11 is 1.63. The highest BCUT2D eigenvalue weighted by Gasteiger charge is 2.22. The van der Waals surface area contributed by atoms with Crippen LogP contribution >= 0.6 is 11.3 Å². The van der Waals surface area contributed by atoms with E-state index in [1.807, 2.05) is 42.5 Å². The molecule has 28 heavy (non-hydrogen) atoms. The van der Waals surface area contributed by atoms with E-state index in [2.05, 4.69) is 15.6 Å². The predicted octanol–water partition coefficient (Wildman–Crippen LogP) is 2.51. The van der Waals surface area contributed by atoms with Gasteiger partial charge in [0.25, 0.3) is 0 Å². The van der Waals surface area contributed by atoms with Crippen molar-refractivity contribution in [2.45, 2.75) is 6.54 Å². The second-order valence-corrected chi connectivity index (χ2v) is 7.76. The lowest BCUT2D eigenvalue weighted by Crippen LogP contribution is -3.13. The zero-order valence-corrected chi connectivity index (χ0v) is 16.7.